The molecule has 3 aliphatic rings. The molecular weight excluding hydrogens is 354 g/mol. The van der Waals surface area contributed by atoms with Crippen LogP contribution in [0.3, 0.4) is 0 Å². The summed E-state index contributed by atoms with van der Waals surface area (Å²) < 4.78 is 0. The summed E-state index contributed by atoms with van der Waals surface area (Å²) >= 11 is 0. The van der Waals surface area contributed by atoms with Crippen LogP contribution in [0.15, 0.2) is 24.3 Å². The quantitative estimate of drug-likeness (QED) is 0.694. The van der Waals surface area contributed by atoms with E-state index in [0.717, 1.165) is 30.5 Å². The lowest BCUT2D eigenvalue weighted by Crippen LogP contribution is -2.42. The van der Waals surface area contributed by atoms with Gasteiger partial charge < -0.3 is 11.1 Å². The first-order valence-corrected chi connectivity index (χ1v) is 9.00. The first-order valence-electron chi connectivity index (χ1n) is 9.00. The molecule has 0 spiro atoms. The Hall–Kier alpha value is -1.92. The summed E-state index contributed by atoms with van der Waals surface area (Å²) in [6.45, 7) is 0. The molecule has 7 heteroatoms. The second-order valence-electron chi connectivity index (χ2n) is 7.64. The van der Waals surface area contributed by atoms with Gasteiger partial charge in [0.2, 0.25) is 17.7 Å². The van der Waals surface area contributed by atoms with Crippen molar-refractivity contribution in [2.75, 3.05) is 5.32 Å². The molecule has 26 heavy (non-hydrogen) atoms. The van der Waals surface area contributed by atoms with Crippen molar-refractivity contribution in [3.63, 3.8) is 0 Å². The van der Waals surface area contributed by atoms with E-state index >= 15 is 0 Å². The monoisotopic (exact) mass is 377 g/mol. The highest BCUT2D eigenvalue weighted by molar-refractivity contribution is 6.03. The second-order valence-corrected chi connectivity index (χ2v) is 7.64. The van der Waals surface area contributed by atoms with Crippen LogP contribution in [0.1, 0.15) is 31.2 Å². The van der Waals surface area contributed by atoms with Gasteiger partial charge in [0.25, 0.3) is 0 Å². The normalized spacial score (nSPS) is 32.3. The Morgan fingerprint density at radius 2 is 1.85 bits per heavy atom. The maximum Gasteiger partial charge on any atom is 0.230 e. The predicted octanol–water partition coefficient (Wildman–Crippen LogP) is 1.63. The second kappa shape index (κ2) is 7.37. The van der Waals surface area contributed by atoms with Crippen LogP contribution in [0.4, 0.5) is 5.69 Å². The van der Waals surface area contributed by atoms with Gasteiger partial charge in [-0.2, -0.15) is 0 Å². The molecule has 5 unspecified atom stereocenters. The number of imide groups is 1. The molecule has 1 heterocycles. The molecule has 1 aliphatic heterocycles. The highest BCUT2D eigenvalue weighted by Crippen LogP contribution is 2.47. The zero-order valence-corrected chi connectivity index (χ0v) is 15.3. The van der Waals surface area contributed by atoms with Crippen molar-refractivity contribution in [3.8, 4) is 0 Å². The lowest BCUT2D eigenvalue weighted by Gasteiger charge is -2.27. The molecule has 5 atom stereocenters. The lowest BCUT2D eigenvalue weighted by molar-refractivity contribution is -0.126. The number of anilines is 1. The average Bonchev–Trinajstić information content (AvgIpc) is 3.24. The molecule has 1 aromatic carbocycles. The summed E-state index contributed by atoms with van der Waals surface area (Å²) in [6, 6.07) is 7.47. The van der Waals surface area contributed by atoms with Crippen LogP contribution in [0.25, 0.3) is 0 Å². The topological polar surface area (TPSA) is 101 Å². The average molecular weight is 378 g/mol. The van der Waals surface area contributed by atoms with Crippen molar-refractivity contribution in [2.24, 2.45) is 29.4 Å². The Morgan fingerprint density at radius 3 is 2.42 bits per heavy atom. The van der Waals surface area contributed by atoms with Gasteiger partial charge in [-0.1, -0.05) is 12.1 Å². The fourth-order valence-electron chi connectivity index (χ4n) is 4.73. The first-order chi connectivity index (χ1) is 12.0. The number of carbonyl (C=O) groups excluding carboxylic acids is 3. The van der Waals surface area contributed by atoms with Crippen LogP contribution >= 0.6 is 12.4 Å². The number of nitrogens with two attached hydrogens (primary N) is 1. The number of carbonyl (C=O) groups is 3. The number of rotatable bonds is 4. The largest absolute Gasteiger partial charge is 0.327 e. The predicted molar refractivity (Wildman–Crippen MR) is 99.6 cm³/mol. The summed E-state index contributed by atoms with van der Waals surface area (Å²) in [4.78, 5) is 35.5. The smallest absolute Gasteiger partial charge is 0.230 e. The number of hydrogen-bond acceptors (Lipinski definition) is 4. The molecular formula is C19H24ClN3O3. The van der Waals surface area contributed by atoms with Crippen molar-refractivity contribution in [1.82, 2.24) is 5.32 Å². The standard InChI is InChI=1S/C19H23N3O3.ClH/c20-17-12-4-3-11(8-12)16(17)19(25)21-14-5-1-10(2-6-14)7-13-9-15(23)22-18(13)24;/h1-2,5-6,11-13,16-17H,3-4,7-9,20H2,(H,21,25)(H,22,23,24);1H. The van der Waals surface area contributed by atoms with E-state index in [4.69, 9.17) is 5.73 Å². The third kappa shape index (κ3) is 3.48. The van der Waals surface area contributed by atoms with Gasteiger partial charge in [0.1, 0.15) is 0 Å². The summed E-state index contributed by atoms with van der Waals surface area (Å²) in [5, 5.41) is 5.31. The third-order valence-corrected chi connectivity index (χ3v) is 6.05. The van der Waals surface area contributed by atoms with Crippen molar-refractivity contribution in [2.45, 2.75) is 38.1 Å². The summed E-state index contributed by atoms with van der Waals surface area (Å²) in [5.74, 6) is 0.176. The number of benzene rings is 1. The molecule has 6 nitrogen and oxygen atoms in total. The maximum absolute atomic E-state index is 12.6. The minimum absolute atomic E-state index is 0. The van der Waals surface area contributed by atoms with Gasteiger partial charge in [-0.05, 0) is 55.2 Å². The molecule has 1 saturated heterocycles. The van der Waals surface area contributed by atoms with Crippen molar-refractivity contribution in [1.29, 1.82) is 0 Å². The summed E-state index contributed by atoms with van der Waals surface area (Å²) in [5.41, 5.74) is 7.95. The Balaban J connectivity index is 0.00000196. The van der Waals surface area contributed by atoms with Crippen molar-refractivity contribution in [3.05, 3.63) is 29.8 Å². The van der Waals surface area contributed by atoms with Gasteiger partial charge in [-0.25, -0.2) is 0 Å². The van der Waals surface area contributed by atoms with Crippen LogP contribution in [-0.4, -0.2) is 23.8 Å². The van der Waals surface area contributed by atoms with Gasteiger partial charge >= 0.3 is 0 Å². The molecule has 2 aliphatic carbocycles. The highest BCUT2D eigenvalue weighted by atomic mass is 35.5. The van der Waals surface area contributed by atoms with Crippen LogP contribution in [0.2, 0.25) is 0 Å². The lowest BCUT2D eigenvalue weighted by atomic mass is 9.84. The summed E-state index contributed by atoms with van der Waals surface area (Å²) in [6.07, 6.45) is 4.13. The van der Waals surface area contributed by atoms with E-state index in [0.29, 0.717) is 18.3 Å². The molecule has 0 aromatic heterocycles. The number of halogens is 1. The minimum atomic E-state index is -0.292. The fraction of sp³-hybridized carbons (Fsp3) is 0.526. The number of amides is 3. The van der Waals surface area contributed by atoms with E-state index in [9.17, 15) is 14.4 Å². The Kier molecular flexibility index (Phi) is 5.34. The molecule has 2 saturated carbocycles. The van der Waals surface area contributed by atoms with Gasteiger partial charge in [0.15, 0.2) is 0 Å². The van der Waals surface area contributed by atoms with E-state index in [1.807, 2.05) is 24.3 Å². The minimum Gasteiger partial charge on any atom is -0.327 e. The zero-order chi connectivity index (χ0) is 17.6. The number of nitrogens with one attached hydrogen (secondary N) is 2. The molecule has 4 rings (SSSR count). The molecule has 2 bridgehead atoms. The van der Waals surface area contributed by atoms with Gasteiger partial charge in [0.05, 0.1) is 11.8 Å². The molecule has 0 radical (unpaired) electrons. The van der Waals surface area contributed by atoms with Crippen LogP contribution in [0.5, 0.6) is 0 Å². The first kappa shape index (κ1) is 18.9. The Labute approximate surface area is 158 Å². The summed E-state index contributed by atoms with van der Waals surface area (Å²) in [7, 11) is 0. The Morgan fingerprint density at radius 1 is 1.15 bits per heavy atom. The maximum atomic E-state index is 12.6. The van der Waals surface area contributed by atoms with Crippen LogP contribution in [0, 0.1) is 23.7 Å². The van der Waals surface area contributed by atoms with Crippen molar-refractivity contribution < 1.29 is 14.4 Å². The molecule has 3 amide bonds. The number of hydrogen-bond donors (Lipinski definition) is 3. The van der Waals surface area contributed by atoms with E-state index in [2.05, 4.69) is 10.6 Å². The van der Waals surface area contributed by atoms with Gasteiger partial charge in [-0.3, -0.25) is 19.7 Å². The molecule has 140 valence electrons. The fourth-order valence-corrected chi connectivity index (χ4v) is 4.73. The van der Waals surface area contributed by atoms with Crippen molar-refractivity contribution >= 4 is 35.8 Å². The van der Waals surface area contributed by atoms with Crippen LogP contribution in [-0.2, 0) is 20.8 Å². The van der Waals surface area contributed by atoms with E-state index in [1.165, 1.54) is 0 Å². The highest BCUT2D eigenvalue weighted by Gasteiger charge is 2.49. The zero-order valence-electron chi connectivity index (χ0n) is 14.4. The van der Waals surface area contributed by atoms with E-state index in [1.54, 1.807) is 0 Å². The third-order valence-electron chi connectivity index (χ3n) is 6.05. The van der Waals surface area contributed by atoms with Crippen LogP contribution < -0.4 is 16.4 Å². The molecule has 4 N–H and O–H groups in total. The Bertz CT molecular complexity index is 719. The molecule has 1 aromatic rings. The SMILES string of the molecule is Cl.NC1C2CCC(C2)C1C(=O)Nc1ccc(CC2CC(=O)NC2=O)cc1. The van der Waals surface area contributed by atoms with E-state index in [-0.39, 0.29) is 54.4 Å². The van der Waals surface area contributed by atoms with Gasteiger partial charge in [0, 0.05) is 18.2 Å². The van der Waals surface area contributed by atoms with Gasteiger partial charge in [-0.15, -0.1) is 12.4 Å². The molecule has 3 fully saturated rings. The van der Waals surface area contributed by atoms with E-state index < -0.39 is 0 Å². The number of fused-ring (bicyclic) bond motifs is 2.